The van der Waals surface area contributed by atoms with Crippen LogP contribution in [0.1, 0.15) is 0 Å². The summed E-state index contributed by atoms with van der Waals surface area (Å²) in [5.41, 5.74) is 5.71. The van der Waals surface area contributed by atoms with Gasteiger partial charge in [0, 0.05) is 24.7 Å². The second-order valence-electron chi connectivity index (χ2n) is 5.87. The molecule has 0 atom stereocenters. The zero-order chi connectivity index (χ0) is 21.4. The number of benzene rings is 2. The maximum Gasteiger partial charge on any atom is 0.262 e. The lowest BCUT2D eigenvalue weighted by Crippen LogP contribution is -2.29. The fraction of sp³-hybridized carbons (Fsp3) is 0.125. The van der Waals surface area contributed by atoms with Gasteiger partial charge < -0.3 is 10.7 Å². The van der Waals surface area contributed by atoms with Crippen molar-refractivity contribution in [1.29, 1.82) is 0 Å². The maximum atomic E-state index is 14.4. The molecule has 0 saturated carbocycles. The monoisotopic (exact) mass is 480 g/mol. The van der Waals surface area contributed by atoms with Crippen molar-refractivity contribution in [2.45, 2.75) is 9.79 Å². The lowest BCUT2D eigenvalue weighted by atomic mass is 10.2. The molecule has 156 valence electrons. The van der Waals surface area contributed by atoms with Crippen molar-refractivity contribution >= 4 is 59.8 Å². The van der Waals surface area contributed by atoms with Crippen LogP contribution in [-0.4, -0.2) is 34.9 Å². The highest BCUT2D eigenvalue weighted by molar-refractivity contribution is 7.92. The van der Waals surface area contributed by atoms with Gasteiger partial charge in [0.15, 0.2) is 0 Å². The Bertz CT molecular complexity index is 1290. The van der Waals surface area contributed by atoms with Crippen molar-refractivity contribution < 1.29 is 21.2 Å². The third kappa shape index (κ3) is 4.34. The Balaban J connectivity index is 1.97. The van der Waals surface area contributed by atoms with Gasteiger partial charge in [-0.05, 0) is 30.3 Å². The average Bonchev–Trinajstić information content (AvgIpc) is 3.05. The molecule has 1 aromatic heterocycles. The van der Waals surface area contributed by atoms with Gasteiger partial charge in [-0.25, -0.2) is 25.9 Å². The standard InChI is InChI=1S/C16H15Cl2FN4O4S2/c17-10-2-3-13(16-15(10)11(18)8-21-16)23-28(24,25)9-1-4-14(12(19)7-9)29(26,27)22-6-5-20/h1-4,7-8,21-23H,5-6,20H2. The number of hydrogen-bond donors (Lipinski definition) is 4. The fourth-order valence-corrected chi connectivity index (χ4v) is 5.34. The number of halogens is 3. The van der Waals surface area contributed by atoms with E-state index in [9.17, 15) is 21.2 Å². The first kappa shape index (κ1) is 21.8. The number of sulfonamides is 2. The first-order chi connectivity index (χ1) is 13.6. The van der Waals surface area contributed by atoms with Crippen molar-refractivity contribution in [2.75, 3.05) is 17.8 Å². The topological polar surface area (TPSA) is 134 Å². The molecule has 0 spiro atoms. The van der Waals surface area contributed by atoms with Gasteiger partial charge in [-0.3, -0.25) is 4.72 Å². The minimum atomic E-state index is -4.24. The Kier molecular flexibility index (Phi) is 6.08. The molecule has 0 radical (unpaired) electrons. The van der Waals surface area contributed by atoms with Crippen LogP contribution in [0.2, 0.25) is 10.0 Å². The second kappa shape index (κ2) is 8.09. The van der Waals surface area contributed by atoms with Crippen LogP contribution in [0.15, 0.2) is 46.3 Å². The molecule has 5 N–H and O–H groups in total. The van der Waals surface area contributed by atoms with E-state index in [4.69, 9.17) is 28.9 Å². The van der Waals surface area contributed by atoms with Crippen LogP contribution in [0, 0.1) is 5.82 Å². The molecule has 0 unspecified atom stereocenters. The summed E-state index contributed by atoms with van der Waals surface area (Å²) in [5.74, 6) is -1.22. The number of nitrogens with one attached hydrogen (secondary N) is 3. The normalized spacial score (nSPS) is 12.4. The molecule has 29 heavy (non-hydrogen) atoms. The molecule has 2 aromatic carbocycles. The number of H-pyrrole nitrogens is 1. The van der Waals surface area contributed by atoms with Crippen LogP contribution >= 0.6 is 23.2 Å². The predicted molar refractivity (Wildman–Crippen MR) is 110 cm³/mol. The zero-order valence-corrected chi connectivity index (χ0v) is 17.7. The lowest BCUT2D eigenvalue weighted by molar-refractivity contribution is 0.553. The summed E-state index contributed by atoms with van der Waals surface area (Å²) in [4.78, 5) is 1.67. The Morgan fingerprint density at radius 1 is 1.03 bits per heavy atom. The van der Waals surface area contributed by atoms with E-state index >= 15 is 0 Å². The van der Waals surface area contributed by atoms with Crippen LogP contribution in [0.5, 0.6) is 0 Å². The molecule has 3 rings (SSSR count). The summed E-state index contributed by atoms with van der Waals surface area (Å²) in [5, 5.41) is 1.04. The van der Waals surface area contributed by atoms with E-state index in [-0.39, 0.29) is 18.8 Å². The fourth-order valence-electron chi connectivity index (χ4n) is 2.59. The first-order valence-corrected chi connectivity index (χ1v) is 11.8. The van der Waals surface area contributed by atoms with Crippen molar-refractivity contribution in [3.05, 3.63) is 52.4 Å². The van der Waals surface area contributed by atoms with Gasteiger partial charge >= 0.3 is 0 Å². The minimum Gasteiger partial charge on any atom is -0.358 e. The van der Waals surface area contributed by atoms with Gasteiger partial charge in [0.2, 0.25) is 10.0 Å². The van der Waals surface area contributed by atoms with Crippen LogP contribution in [0.4, 0.5) is 10.1 Å². The number of aromatic nitrogens is 1. The van der Waals surface area contributed by atoms with Crippen molar-refractivity contribution in [3.8, 4) is 0 Å². The summed E-state index contributed by atoms with van der Waals surface area (Å²) in [6, 6.07) is 5.35. The Labute approximate surface area is 176 Å². The summed E-state index contributed by atoms with van der Waals surface area (Å²) in [7, 11) is -8.40. The summed E-state index contributed by atoms with van der Waals surface area (Å²) < 4.78 is 68.2. The summed E-state index contributed by atoms with van der Waals surface area (Å²) >= 11 is 12.1. The van der Waals surface area contributed by atoms with Gasteiger partial charge in [0.1, 0.15) is 10.7 Å². The molecule has 0 aliphatic rings. The SMILES string of the molecule is NCCNS(=O)(=O)c1ccc(S(=O)(=O)Nc2ccc(Cl)c3c(Cl)c[nH]c23)cc1F. The Hall–Kier alpha value is -1.89. The van der Waals surface area contributed by atoms with E-state index in [0.29, 0.717) is 27.0 Å². The molecular weight excluding hydrogens is 466 g/mol. The molecule has 3 aromatic rings. The highest BCUT2D eigenvalue weighted by Crippen LogP contribution is 2.35. The molecule has 13 heteroatoms. The van der Waals surface area contributed by atoms with Gasteiger partial charge in [-0.1, -0.05) is 23.2 Å². The first-order valence-electron chi connectivity index (χ1n) is 8.04. The van der Waals surface area contributed by atoms with E-state index in [2.05, 4.69) is 14.4 Å². The smallest absolute Gasteiger partial charge is 0.262 e. The molecule has 0 amide bonds. The van der Waals surface area contributed by atoms with Crippen LogP contribution < -0.4 is 15.2 Å². The summed E-state index contributed by atoms with van der Waals surface area (Å²) in [6.07, 6.45) is 1.45. The van der Waals surface area contributed by atoms with Gasteiger partial charge in [0.05, 0.1) is 26.1 Å². The third-order valence-electron chi connectivity index (χ3n) is 3.92. The number of rotatable bonds is 7. The van der Waals surface area contributed by atoms with Crippen LogP contribution in [0.3, 0.4) is 0 Å². The average molecular weight is 481 g/mol. The van der Waals surface area contributed by atoms with E-state index in [0.717, 1.165) is 12.1 Å². The largest absolute Gasteiger partial charge is 0.358 e. The van der Waals surface area contributed by atoms with Crippen LogP contribution in [0.25, 0.3) is 10.9 Å². The quantitative estimate of drug-likeness (QED) is 0.412. The van der Waals surface area contributed by atoms with Crippen molar-refractivity contribution in [2.24, 2.45) is 5.73 Å². The number of nitrogens with two attached hydrogens (primary N) is 1. The van der Waals surface area contributed by atoms with Gasteiger partial charge in [-0.2, -0.15) is 0 Å². The molecule has 0 saturated heterocycles. The minimum absolute atomic E-state index is 0.0234. The van der Waals surface area contributed by atoms with Crippen LogP contribution in [-0.2, 0) is 20.0 Å². The Morgan fingerprint density at radius 3 is 2.41 bits per heavy atom. The van der Waals surface area contributed by atoms with Gasteiger partial charge in [0.25, 0.3) is 10.0 Å². The number of anilines is 1. The van der Waals surface area contributed by atoms with E-state index in [1.54, 1.807) is 0 Å². The molecule has 0 bridgehead atoms. The Morgan fingerprint density at radius 2 is 1.76 bits per heavy atom. The van der Waals surface area contributed by atoms with E-state index in [1.165, 1.54) is 18.3 Å². The lowest BCUT2D eigenvalue weighted by Gasteiger charge is -2.12. The van der Waals surface area contributed by atoms with Gasteiger partial charge in [-0.15, -0.1) is 0 Å². The second-order valence-corrected chi connectivity index (χ2v) is 10.1. The molecule has 0 aliphatic carbocycles. The number of hydrogen-bond acceptors (Lipinski definition) is 5. The molecule has 1 heterocycles. The molecule has 0 aliphatic heterocycles. The zero-order valence-electron chi connectivity index (χ0n) is 14.5. The highest BCUT2D eigenvalue weighted by Gasteiger charge is 2.23. The van der Waals surface area contributed by atoms with E-state index in [1.807, 2.05) is 0 Å². The van der Waals surface area contributed by atoms with E-state index < -0.39 is 35.7 Å². The maximum absolute atomic E-state index is 14.4. The molecule has 0 fully saturated rings. The number of aromatic amines is 1. The molecular formula is C16H15Cl2FN4O4S2. The number of fused-ring (bicyclic) bond motifs is 1. The highest BCUT2D eigenvalue weighted by atomic mass is 35.5. The predicted octanol–water partition coefficient (Wildman–Crippen LogP) is 2.65. The van der Waals surface area contributed by atoms with Crippen molar-refractivity contribution in [3.63, 3.8) is 0 Å². The third-order valence-corrected chi connectivity index (χ3v) is 7.39. The summed E-state index contributed by atoms with van der Waals surface area (Å²) in [6.45, 7) is -0.0653. The van der Waals surface area contributed by atoms with Crippen molar-refractivity contribution in [1.82, 2.24) is 9.71 Å². The molecule has 8 nitrogen and oxygen atoms in total.